The summed E-state index contributed by atoms with van der Waals surface area (Å²) in [6.07, 6.45) is 77.4. The number of unbranched alkanes of at least 4 members (excludes halogenated alkanes) is 28. The zero-order valence-electron chi connectivity index (χ0n) is 45.1. The molecule has 0 aromatic heterocycles. The molecule has 5 heteroatoms. The Morgan fingerprint density at radius 2 is 0.662 bits per heavy atom. The van der Waals surface area contributed by atoms with Crippen LogP contribution in [0.5, 0.6) is 0 Å². The Bertz CT molecular complexity index is 1250. The minimum absolute atomic E-state index is 0.0708. The maximum absolute atomic E-state index is 12.9. The quantitative estimate of drug-likeness (QED) is 0.0345. The maximum atomic E-state index is 12.9. The molecule has 1 atom stereocenters. The zero-order valence-corrected chi connectivity index (χ0v) is 45.1. The molecule has 0 radical (unpaired) electrons. The van der Waals surface area contributed by atoms with Crippen LogP contribution < -0.4 is 0 Å². The van der Waals surface area contributed by atoms with E-state index >= 15 is 0 Å². The van der Waals surface area contributed by atoms with E-state index in [2.05, 4.69) is 106 Å². The molecule has 0 saturated heterocycles. The highest BCUT2D eigenvalue weighted by atomic mass is 16.6. The van der Waals surface area contributed by atoms with Gasteiger partial charge in [0.05, 0.1) is 6.61 Å². The van der Waals surface area contributed by atoms with Crippen molar-refractivity contribution in [2.75, 3.05) is 19.8 Å². The minimum atomic E-state index is -0.554. The molecule has 68 heavy (non-hydrogen) atoms. The van der Waals surface area contributed by atoms with Gasteiger partial charge in [0.15, 0.2) is 6.10 Å². The maximum Gasteiger partial charge on any atom is 0.306 e. The van der Waals surface area contributed by atoms with Gasteiger partial charge >= 0.3 is 11.9 Å². The molecular weight excluding hydrogens is 837 g/mol. The molecule has 0 aromatic rings. The molecule has 0 N–H and O–H groups in total. The van der Waals surface area contributed by atoms with Crippen LogP contribution in [0.1, 0.15) is 278 Å². The van der Waals surface area contributed by atoms with Crippen molar-refractivity contribution in [3.05, 3.63) is 85.1 Å². The topological polar surface area (TPSA) is 61.8 Å². The van der Waals surface area contributed by atoms with Crippen LogP contribution in [0.3, 0.4) is 0 Å². The van der Waals surface area contributed by atoms with Gasteiger partial charge in [0.25, 0.3) is 0 Å². The molecule has 0 aromatic carbocycles. The molecule has 0 aliphatic carbocycles. The highest BCUT2D eigenvalue weighted by molar-refractivity contribution is 5.70. The summed E-state index contributed by atoms with van der Waals surface area (Å²) < 4.78 is 17.5. The minimum Gasteiger partial charge on any atom is -0.462 e. The van der Waals surface area contributed by atoms with Gasteiger partial charge in [0.1, 0.15) is 6.61 Å². The second-order valence-corrected chi connectivity index (χ2v) is 19.2. The van der Waals surface area contributed by atoms with Crippen molar-refractivity contribution >= 4 is 11.9 Å². The van der Waals surface area contributed by atoms with Crippen molar-refractivity contribution in [1.82, 2.24) is 0 Å². The molecule has 0 aliphatic heterocycles. The molecule has 0 spiro atoms. The average molecular weight is 948 g/mol. The first-order valence-corrected chi connectivity index (χ1v) is 29.1. The van der Waals surface area contributed by atoms with Crippen LogP contribution in [0.4, 0.5) is 0 Å². The van der Waals surface area contributed by atoms with Crippen LogP contribution in [0.15, 0.2) is 85.1 Å². The van der Waals surface area contributed by atoms with Crippen LogP contribution >= 0.6 is 0 Å². The molecule has 0 heterocycles. The predicted octanol–water partition coefficient (Wildman–Crippen LogP) is 20.0. The lowest BCUT2D eigenvalue weighted by Crippen LogP contribution is -2.30. The summed E-state index contributed by atoms with van der Waals surface area (Å²) in [5, 5.41) is 0. The van der Waals surface area contributed by atoms with Crippen molar-refractivity contribution in [3.63, 3.8) is 0 Å². The van der Waals surface area contributed by atoms with Gasteiger partial charge in [-0.05, 0) is 116 Å². The lowest BCUT2D eigenvalue weighted by molar-refractivity contribution is -0.163. The SMILES string of the molecule is CC/C=C\C/C=C\C/C=C\CCCCCCCCCC(=O)OCC(COCCCCCCCCCCCC/C=C\C/C=C\CCCCC)OC(=O)CCCCCCC/C=C\C/C=C\CCCCC. The largest absolute Gasteiger partial charge is 0.462 e. The first-order chi connectivity index (χ1) is 33.6. The predicted molar refractivity (Wildman–Crippen MR) is 297 cm³/mol. The molecule has 5 nitrogen and oxygen atoms in total. The van der Waals surface area contributed by atoms with Crippen LogP contribution in [0.25, 0.3) is 0 Å². The summed E-state index contributed by atoms with van der Waals surface area (Å²) in [7, 11) is 0. The van der Waals surface area contributed by atoms with Gasteiger partial charge < -0.3 is 14.2 Å². The van der Waals surface area contributed by atoms with Crippen molar-refractivity contribution in [1.29, 1.82) is 0 Å². The Kier molecular flexibility index (Phi) is 55.9. The average Bonchev–Trinajstić information content (AvgIpc) is 3.34. The Labute approximate surface area is 422 Å². The second-order valence-electron chi connectivity index (χ2n) is 19.2. The summed E-state index contributed by atoms with van der Waals surface area (Å²) in [6, 6.07) is 0. The number of allylic oxidation sites excluding steroid dienone is 14. The molecule has 392 valence electrons. The molecule has 0 saturated carbocycles. The Morgan fingerprint density at radius 3 is 1.06 bits per heavy atom. The first-order valence-electron chi connectivity index (χ1n) is 29.1. The summed E-state index contributed by atoms with van der Waals surface area (Å²) in [4.78, 5) is 25.5. The van der Waals surface area contributed by atoms with E-state index in [1.54, 1.807) is 0 Å². The highest BCUT2D eigenvalue weighted by Crippen LogP contribution is 2.15. The normalized spacial score (nSPS) is 12.8. The number of carbonyl (C=O) groups is 2. The number of ether oxygens (including phenoxy) is 3. The molecule has 0 amide bonds. The zero-order chi connectivity index (χ0) is 49.2. The van der Waals surface area contributed by atoms with Gasteiger partial charge in [-0.2, -0.15) is 0 Å². The van der Waals surface area contributed by atoms with Crippen molar-refractivity contribution in [2.24, 2.45) is 0 Å². The van der Waals surface area contributed by atoms with E-state index in [1.165, 1.54) is 148 Å². The number of hydrogen-bond acceptors (Lipinski definition) is 5. The summed E-state index contributed by atoms with van der Waals surface area (Å²) >= 11 is 0. The Hall–Kier alpha value is -2.92. The third kappa shape index (κ3) is 55.7. The smallest absolute Gasteiger partial charge is 0.306 e. The lowest BCUT2D eigenvalue weighted by Gasteiger charge is -2.18. The highest BCUT2D eigenvalue weighted by Gasteiger charge is 2.17. The standard InChI is InChI=1S/C63H110O5/c1-4-7-10-13-16-19-22-25-28-30-31-32-34-37-40-43-46-49-52-55-58-66-59-61(68-63(65)57-54-51-48-45-42-39-35-27-24-21-18-15-12-9-6-3)60-67-62(64)56-53-50-47-44-41-38-36-33-29-26-23-20-17-14-11-8-5-2/h8,11,16-21,25-29,35,61H,4-7,9-10,12-15,22-24,30-34,36-60H2,1-3H3/b11-8-,19-16-,20-17-,21-18-,28-25-,29-26-,35-27-. The fourth-order valence-corrected chi connectivity index (χ4v) is 8.06. The van der Waals surface area contributed by atoms with Crippen LogP contribution in [0, 0.1) is 0 Å². The van der Waals surface area contributed by atoms with Crippen LogP contribution in [-0.2, 0) is 23.8 Å². The van der Waals surface area contributed by atoms with Crippen LogP contribution in [0.2, 0.25) is 0 Å². The fourth-order valence-electron chi connectivity index (χ4n) is 8.06. The van der Waals surface area contributed by atoms with E-state index in [9.17, 15) is 9.59 Å². The van der Waals surface area contributed by atoms with Crippen LogP contribution in [-0.4, -0.2) is 37.9 Å². The molecule has 0 fully saturated rings. The lowest BCUT2D eigenvalue weighted by atomic mass is 10.1. The summed E-state index contributed by atoms with van der Waals surface area (Å²) in [6.45, 7) is 7.66. The Balaban J connectivity index is 4.30. The van der Waals surface area contributed by atoms with Gasteiger partial charge in [-0.3, -0.25) is 9.59 Å². The molecule has 0 rings (SSSR count). The van der Waals surface area contributed by atoms with E-state index in [0.29, 0.717) is 19.4 Å². The van der Waals surface area contributed by atoms with E-state index < -0.39 is 6.10 Å². The molecule has 1 unspecified atom stereocenters. The van der Waals surface area contributed by atoms with E-state index in [4.69, 9.17) is 14.2 Å². The third-order valence-electron chi connectivity index (χ3n) is 12.4. The Morgan fingerprint density at radius 1 is 0.338 bits per heavy atom. The second kappa shape index (κ2) is 58.4. The van der Waals surface area contributed by atoms with Gasteiger partial charge in [-0.15, -0.1) is 0 Å². The summed E-state index contributed by atoms with van der Waals surface area (Å²) in [5.74, 6) is -0.421. The molecule has 0 bridgehead atoms. The van der Waals surface area contributed by atoms with E-state index in [1.807, 2.05) is 0 Å². The van der Waals surface area contributed by atoms with Crippen molar-refractivity contribution in [2.45, 2.75) is 284 Å². The van der Waals surface area contributed by atoms with Crippen molar-refractivity contribution in [3.8, 4) is 0 Å². The number of hydrogen-bond donors (Lipinski definition) is 0. The third-order valence-corrected chi connectivity index (χ3v) is 12.4. The monoisotopic (exact) mass is 947 g/mol. The number of esters is 2. The van der Waals surface area contributed by atoms with E-state index in [-0.39, 0.29) is 25.2 Å². The molecular formula is C63H110O5. The van der Waals surface area contributed by atoms with Gasteiger partial charge in [-0.25, -0.2) is 0 Å². The number of carbonyl (C=O) groups excluding carboxylic acids is 2. The van der Waals surface area contributed by atoms with Gasteiger partial charge in [0, 0.05) is 19.4 Å². The van der Waals surface area contributed by atoms with Crippen molar-refractivity contribution < 1.29 is 23.8 Å². The van der Waals surface area contributed by atoms with Gasteiger partial charge in [0.2, 0.25) is 0 Å². The number of rotatable bonds is 53. The first kappa shape index (κ1) is 65.1. The molecule has 0 aliphatic rings. The summed E-state index contributed by atoms with van der Waals surface area (Å²) in [5.41, 5.74) is 0. The van der Waals surface area contributed by atoms with Gasteiger partial charge in [-0.1, -0.05) is 234 Å². The van der Waals surface area contributed by atoms with E-state index in [0.717, 1.165) is 96.3 Å². The fraction of sp³-hybridized carbons (Fsp3) is 0.746.